The second-order valence-electron chi connectivity index (χ2n) is 5.37. The van der Waals surface area contributed by atoms with Crippen molar-refractivity contribution in [2.24, 2.45) is 0 Å². The first-order valence-electron chi connectivity index (χ1n) is 8.34. The number of hydrogen-bond donors (Lipinski definition) is 2. The van der Waals surface area contributed by atoms with Gasteiger partial charge in [0.15, 0.2) is 0 Å². The highest BCUT2D eigenvalue weighted by Gasteiger charge is 1.98. The molecule has 0 saturated carbocycles. The summed E-state index contributed by atoms with van der Waals surface area (Å²) < 4.78 is 9.00. The van der Waals surface area contributed by atoms with Gasteiger partial charge >= 0.3 is 12.2 Å². The molecule has 0 aliphatic rings. The van der Waals surface area contributed by atoms with Gasteiger partial charge in [-0.1, -0.05) is 51.4 Å². The highest BCUT2D eigenvalue weighted by atomic mass is 16.5. The van der Waals surface area contributed by atoms with Gasteiger partial charge < -0.3 is 20.1 Å². The molecule has 0 spiro atoms. The maximum Gasteiger partial charge on any atom is 0.406 e. The number of amides is 2. The molecule has 130 valence electrons. The van der Waals surface area contributed by atoms with Gasteiger partial charge in [-0.15, -0.1) is 0 Å². The van der Waals surface area contributed by atoms with Crippen molar-refractivity contribution in [2.45, 2.75) is 64.2 Å². The van der Waals surface area contributed by atoms with E-state index in [1.165, 1.54) is 52.7 Å². The van der Waals surface area contributed by atoms with E-state index in [9.17, 15) is 9.59 Å². The van der Waals surface area contributed by atoms with E-state index in [4.69, 9.17) is 0 Å². The molecule has 6 nitrogen and oxygen atoms in total. The molecule has 0 aromatic rings. The molecular formula is C16H32N2O4. The van der Waals surface area contributed by atoms with E-state index in [-0.39, 0.29) is 12.2 Å². The molecule has 0 heterocycles. The van der Waals surface area contributed by atoms with Gasteiger partial charge in [-0.05, 0) is 12.8 Å². The van der Waals surface area contributed by atoms with Crippen LogP contribution in [0.15, 0.2) is 0 Å². The van der Waals surface area contributed by atoms with Crippen molar-refractivity contribution in [3.05, 3.63) is 0 Å². The second kappa shape index (κ2) is 15.9. The first-order valence-corrected chi connectivity index (χ1v) is 8.34. The summed E-state index contributed by atoms with van der Waals surface area (Å²) in [5, 5.41) is 5.37. The van der Waals surface area contributed by atoms with E-state index in [2.05, 4.69) is 20.1 Å². The average molecular weight is 316 g/mol. The van der Waals surface area contributed by atoms with Gasteiger partial charge in [0.2, 0.25) is 0 Å². The summed E-state index contributed by atoms with van der Waals surface area (Å²) in [5.41, 5.74) is 0. The van der Waals surface area contributed by atoms with Crippen molar-refractivity contribution in [2.75, 3.05) is 27.3 Å². The lowest BCUT2D eigenvalue weighted by Gasteiger charge is -2.05. The van der Waals surface area contributed by atoms with Crippen molar-refractivity contribution in [3.63, 3.8) is 0 Å². The summed E-state index contributed by atoms with van der Waals surface area (Å²) in [7, 11) is 2.76. The topological polar surface area (TPSA) is 76.7 Å². The quantitative estimate of drug-likeness (QED) is 0.509. The van der Waals surface area contributed by atoms with E-state index >= 15 is 0 Å². The average Bonchev–Trinajstić information content (AvgIpc) is 2.54. The molecule has 0 aliphatic carbocycles. The zero-order chi connectivity index (χ0) is 16.5. The van der Waals surface area contributed by atoms with E-state index in [0.29, 0.717) is 13.1 Å². The Morgan fingerprint density at radius 2 is 0.864 bits per heavy atom. The van der Waals surface area contributed by atoms with Crippen LogP contribution in [0, 0.1) is 0 Å². The first kappa shape index (κ1) is 20.5. The minimum Gasteiger partial charge on any atom is -0.453 e. The van der Waals surface area contributed by atoms with Gasteiger partial charge in [-0.2, -0.15) is 0 Å². The predicted octanol–water partition coefficient (Wildman–Crippen LogP) is 3.60. The van der Waals surface area contributed by atoms with Gasteiger partial charge in [-0.25, -0.2) is 9.59 Å². The van der Waals surface area contributed by atoms with E-state index in [1.807, 2.05) is 0 Å². The third-order valence-corrected chi connectivity index (χ3v) is 3.51. The molecule has 0 atom stereocenters. The Kier molecular flexibility index (Phi) is 14.9. The molecule has 6 heteroatoms. The smallest absolute Gasteiger partial charge is 0.406 e. The minimum absolute atomic E-state index is 0.346. The third kappa shape index (κ3) is 14.9. The molecule has 0 fully saturated rings. The Balaban J connectivity index is 3.05. The normalized spacial score (nSPS) is 10.1. The maximum absolute atomic E-state index is 10.8. The molecule has 0 radical (unpaired) electrons. The number of hydrogen-bond acceptors (Lipinski definition) is 4. The largest absolute Gasteiger partial charge is 0.453 e. The van der Waals surface area contributed by atoms with Crippen LogP contribution >= 0.6 is 0 Å². The molecule has 0 aromatic heterocycles. The second-order valence-corrected chi connectivity index (χ2v) is 5.37. The van der Waals surface area contributed by atoms with Crippen LogP contribution in [0.1, 0.15) is 64.2 Å². The standard InChI is InChI=1S/C16H32N2O4/c1-21-15(19)17-13-11-9-7-5-3-4-6-8-10-12-14-18-16(20)22-2/h3-14H2,1-2H3,(H,17,19)(H,18,20). The number of unbranched alkanes of at least 4 members (excludes halogenated alkanes) is 9. The highest BCUT2D eigenvalue weighted by Crippen LogP contribution is 2.10. The summed E-state index contributed by atoms with van der Waals surface area (Å²) in [6.07, 6.45) is 11.2. The van der Waals surface area contributed by atoms with Gasteiger partial charge in [0.25, 0.3) is 0 Å². The van der Waals surface area contributed by atoms with Crippen LogP contribution in [-0.2, 0) is 9.47 Å². The lowest BCUT2D eigenvalue weighted by Crippen LogP contribution is -2.23. The molecule has 0 saturated heterocycles. The monoisotopic (exact) mass is 316 g/mol. The lowest BCUT2D eigenvalue weighted by atomic mass is 10.1. The Morgan fingerprint density at radius 1 is 0.591 bits per heavy atom. The summed E-state index contributed by atoms with van der Waals surface area (Å²) in [6, 6.07) is 0. The zero-order valence-corrected chi connectivity index (χ0v) is 14.1. The number of carbonyl (C=O) groups is 2. The molecule has 0 aromatic carbocycles. The third-order valence-electron chi connectivity index (χ3n) is 3.51. The first-order chi connectivity index (χ1) is 10.7. The van der Waals surface area contributed by atoms with Crippen molar-refractivity contribution in [3.8, 4) is 0 Å². The summed E-state index contributed by atoms with van der Waals surface area (Å²) >= 11 is 0. The van der Waals surface area contributed by atoms with Crippen LogP contribution in [-0.4, -0.2) is 39.5 Å². The van der Waals surface area contributed by atoms with Crippen LogP contribution in [0.25, 0.3) is 0 Å². The number of ether oxygens (including phenoxy) is 2. The van der Waals surface area contributed by atoms with Crippen molar-refractivity contribution in [1.29, 1.82) is 0 Å². The van der Waals surface area contributed by atoms with Crippen molar-refractivity contribution >= 4 is 12.2 Å². The van der Waals surface area contributed by atoms with Crippen LogP contribution < -0.4 is 10.6 Å². The van der Waals surface area contributed by atoms with Gasteiger partial charge in [0, 0.05) is 13.1 Å². The Bertz CT molecular complexity index is 257. The fourth-order valence-electron chi connectivity index (χ4n) is 2.19. The Morgan fingerprint density at radius 3 is 1.14 bits per heavy atom. The summed E-state index contributed by atoms with van der Waals surface area (Å²) in [4.78, 5) is 21.6. The number of nitrogens with one attached hydrogen (secondary N) is 2. The maximum atomic E-state index is 10.8. The van der Waals surface area contributed by atoms with E-state index < -0.39 is 0 Å². The Labute approximate surface area is 134 Å². The zero-order valence-electron chi connectivity index (χ0n) is 14.1. The number of carbonyl (C=O) groups excluding carboxylic acids is 2. The van der Waals surface area contributed by atoms with Crippen molar-refractivity contribution < 1.29 is 19.1 Å². The fourth-order valence-corrected chi connectivity index (χ4v) is 2.19. The molecule has 22 heavy (non-hydrogen) atoms. The van der Waals surface area contributed by atoms with Gasteiger partial charge in [0.1, 0.15) is 0 Å². The minimum atomic E-state index is -0.346. The van der Waals surface area contributed by atoms with Crippen LogP contribution in [0.4, 0.5) is 9.59 Å². The van der Waals surface area contributed by atoms with E-state index in [1.54, 1.807) is 0 Å². The molecule has 0 bridgehead atoms. The van der Waals surface area contributed by atoms with Crippen LogP contribution in [0.3, 0.4) is 0 Å². The number of methoxy groups -OCH3 is 2. The predicted molar refractivity (Wildman–Crippen MR) is 87.0 cm³/mol. The van der Waals surface area contributed by atoms with Crippen molar-refractivity contribution in [1.82, 2.24) is 10.6 Å². The van der Waals surface area contributed by atoms with Gasteiger partial charge in [-0.3, -0.25) is 0 Å². The lowest BCUT2D eigenvalue weighted by molar-refractivity contribution is 0.170. The highest BCUT2D eigenvalue weighted by molar-refractivity contribution is 5.67. The molecule has 0 unspecified atom stereocenters. The van der Waals surface area contributed by atoms with Crippen LogP contribution in [0.5, 0.6) is 0 Å². The molecular weight excluding hydrogens is 284 g/mol. The molecule has 0 rings (SSSR count). The SMILES string of the molecule is COC(=O)NCCCCCCCCCCCCNC(=O)OC. The number of rotatable bonds is 13. The van der Waals surface area contributed by atoms with E-state index in [0.717, 1.165) is 25.7 Å². The molecule has 2 N–H and O–H groups in total. The summed E-state index contributed by atoms with van der Waals surface area (Å²) in [5.74, 6) is 0. The molecule has 0 aliphatic heterocycles. The summed E-state index contributed by atoms with van der Waals surface area (Å²) in [6.45, 7) is 1.40. The fraction of sp³-hybridized carbons (Fsp3) is 0.875. The van der Waals surface area contributed by atoms with Gasteiger partial charge in [0.05, 0.1) is 14.2 Å². The van der Waals surface area contributed by atoms with Crippen LogP contribution in [0.2, 0.25) is 0 Å². The number of alkyl carbamates (subject to hydrolysis) is 2. The molecule has 2 amide bonds. The Hall–Kier alpha value is -1.46.